The minimum atomic E-state index is -0.808. The molecule has 0 radical (unpaired) electrons. The Labute approximate surface area is 190 Å². The van der Waals surface area contributed by atoms with Crippen molar-refractivity contribution in [3.63, 3.8) is 0 Å². The first kappa shape index (κ1) is 22.5. The lowest BCUT2D eigenvalue weighted by Gasteiger charge is -2.56. The highest BCUT2D eigenvalue weighted by Gasteiger charge is 2.55. The molecule has 0 saturated heterocycles. The molecule has 1 heterocycles. The first-order valence-electron chi connectivity index (χ1n) is 10.5. The third-order valence-electron chi connectivity index (χ3n) is 6.61. The number of aromatic nitrogens is 2. The molecule has 1 aromatic carbocycles. The maximum Gasteiger partial charge on any atom is 0.258 e. The lowest BCUT2D eigenvalue weighted by molar-refractivity contribution is -0.132. The number of aryl methyl sites for hydroxylation is 2. The van der Waals surface area contributed by atoms with E-state index in [0.717, 1.165) is 6.07 Å². The van der Waals surface area contributed by atoms with Crippen LogP contribution in [0.4, 0.5) is 4.39 Å². The van der Waals surface area contributed by atoms with Gasteiger partial charge in [0.25, 0.3) is 11.8 Å². The van der Waals surface area contributed by atoms with Gasteiger partial charge in [-0.15, -0.1) is 0 Å². The molecule has 0 spiro atoms. The molecular weight excluding hydrogens is 439 g/mol. The average Bonchev–Trinajstić information content (AvgIpc) is 3.08. The van der Waals surface area contributed by atoms with Crippen LogP contribution in [0.2, 0.25) is 5.02 Å². The van der Waals surface area contributed by atoms with Crippen molar-refractivity contribution in [1.82, 2.24) is 20.4 Å². The first-order valence-corrected chi connectivity index (χ1v) is 10.9. The molecule has 3 aliphatic carbocycles. The second-order valence-electron chi connectivity index (χ2n) is 8.83. The fourth-order valence-electron chi connectivity index (χ4n) is 4.82. The first-order chi connectivity index (χ1) is 15.1. The number of rotatable bonds is 6. The van der Waals surface area contributed by atoms with E-state index in [1.807, 2.05) is 0 Å². The van der Waals surface area contributed by atoms with Gasteiger partial charge in [0.05, 0.1) is 27.9 Å². The molecule has 3 fully saturated rings. The Bertz CT molecular complexity index is 1050. The highest BCUT2D eigenvalue weighted by molar-refractivity contribution is 6.30. The van der Waals surface area contributed by atoms with Gasteiger partial charge in [-0.3, -0.25) is 14.3 Å². The summed E-state index contributed by atoms with van der Waals surface area (Å²) >= 11 is 5.65. The summed E-state index contributed by atoms with van der Waals surface area (Å²) in [4.78, 5) is 25.3. The molecular formula is C22H26ClFN4O4. The van der Waals surface area contributed by atoms with Gasteiger partial charge in [-0.2, -0.15) is 5.10 Å². The van der Waals surface area contributed by atoms with Crippen LogP contribution < -0.4 is 15.4 Å². The van der Waals surface area contributed by atoms with Crippen LogP contribution in [0.15, 0.2) is 24.4 Å². The zero-order valence-electron chi connectivity index (χ0n) is 18.0. The molecule has 3 aliphatic rings. The van der Waals surface area contributed by atoms with Crippen molar-refractivity contribution in [2.24, 2.45) is 7.05 Å². The number of amides is 2. The normalized spacial score (nSPS) is 26.6. The summed E-state index contributed by atoms with van der Waals surface area (Å²) in [5, 5.41) is 21.1. The second kappa shape index (κ2) is 8.37. The van der Waals surface area contributed by atoms with Crippen molar-refractivity contribution in [2.45, 2.75) is 56.2 Å². The number of hydrogen-bond donors (Lipinski definition) is 3. The molecule has 1 atom stereocenters. The van der Waals surface area contributed by atoms with E-state index < -0.39 is 28.9 Å². The Morgan fingerprint density at radius 2 is 2.03 bits per heavy atom. The van der Waals surface area contributed by atoms with E-state index in [1.165, 1.54) is 12.1 Å². The number of aliphatic hydroxyl groups excluding tert-OH is 1. The van der Waals surface area contributed by atoms with Gasteiger partial charge >= 0.3 is 0 Å². The van der Waals surface area contributed by atoms with Crippen molar-refractivity contribution in [3.8, 4) is 5.75 Å². The van der Waals surface area contributed by atoms with Gasteiger partial charge in [-0.25, -0.2) is 4.39 Å². The number of carbonyl (C=O) groups is 2. The maximum absolute atomic E-state index is 13.5. The number of benzene rings is 1. The summed E-state index contributed by atoms with van der Waals surface area (Å²) < 4.78 is 20.5. The van der Waals surface area contributed by atoms with Crippen molar-refractivity contribution >= 4 is 23.4 Å². The molecule has 2 amide bonds. The number of carbonyl (C=O) groups excluding carboxylic acids is 2. The zero-order chi connectivity index (χ0) is 23.1. The van der Waals surface area contributed by atoms with Crippen LogP contribution >= 0.6 is 11.6 Å². The zero-order valence-corrected chi connectivity index (χ0v) is 18.7. The van der Waals surface area contributed by atoms with Crippen molar-refractivity contribution < 1.29 is 23.8 Å². The van der Waals surface area contributed by atoms with Gasteiger partial charge < -0.3 is 20.5 Å². The third kappa shape index (κ3) is 4.31. The number of nitrogens with one attached hydrogen (secondary N) is 2. The van der Waals surface area contributed by atoms with Gasteiger partial charge in [0.15, 0.2) is 6.61 Å². The predicted molar refractivity (Wildman–Crippen MR) is 115 cm³/mol. The summed E-state index contributed by atoms with van der Waals surface area (Å²) in [6, 6.07) is 3.95. The van der Waals surface area contributed by atoms with Crippen LogP contribution in [0.3, 0.4) is 0 Å². The van der Waals surface area contributed by atoms with E-state index in [2.05, 4.69) is 15.7 Å². The Morgan fingerprint density at radius 1 is 1.31 bits per heavy atom. The number of nitrogens with zero attached hydrogens (tertiary/aromatic N) is 2. The Morgan fingerprint density at radius 3 is 2.62 bits per heavy atom. The number of fused-ring (bicyclic) bond motifs is 3. The van der Waals surface area contributed by atoms with E-state index in [-0.39, 0.29) is 23.3 Å². The van der Waals surface area contributed by atoms with Crippen molar-refractivity contribution in [3.05, 3.63) is 46.5 Å². The van der Waals surface area contributed by atoms with E-state index in [9.17, 15) is 19.1 Å². The van der Waals surface area contributed by atoms with Crippen LogP contribution in [-0.4, -0.2) is 50.5 Å². The quantitative estimate of drug-likeness (QED) is 0.608. The molecule has 5 rings (SSSR count). The number of ether oxygens (including phenoxy) is 1. The van der Waals surface area contributed by atoms with Crippen molar-refractivity contribution in [2.75, 3.05) is 6.61 Å². The molecule has 10 heteroatoms. The molecule has 172 valence electrons. The second-order valence-corrected chi connectivity index (χ2v) is 9.23. The maximum atomic E-state index is 13.5. The van der Waals surface area contributed by atoms with Gasteiger partial charge in [-0.05, 0) is 51.2 Å². The summed E-state index contributed by atoms with van der Waals surface area (Å²) in [7, 11) is 1.76. The Hall–Kier alpha value is -2.65. The summed E-state index contributed by atoms with van der Waals surface area (Å²) in [6.45, 7) is 1.47. The van der Waals surface area contributed by atoms with Crippen LogP contribution in [0, 0.1) is 12.7 Å². The highest BCUT2D eigenvalue weighted by atomic mass is 35.5. The molecule has 8 nitrogen and oxygen atoms in total. The number of halogens is 2. The third-order valence-corrected chi connectivity index (χ3v) is 6.91. The van der Waals surface area contributed by atoms with Crippen LogP contribution in [-0.2, 0) is 11.8 Å². The predicted octanol–water partition coefficient (Wildman–Crippen LogP) is 2.26. The van der Waals surface area contributed by atoms with E-state index in [1.54, 1.807) is 24.9 Å². The largest absolute Gasteiger partial charge is 0.484 e. The Balaban J connectivity index is 1.35. The molecule has 1 aromatic heterocycles. The summed E-state index contributed by atoms with van der Waals surface area (Å²) in [5.74, 6) is -1.04. The monoisotopic (exact) mass is 464 g/mol. The van der Waals surface area contributed by atoms with Gasteiger partial charge in [0.1, 0.15) is 11.6 Å². The average molecular weight is 465 g/mol. The number of aliphatic hydroxyl groups is 1. The van der Waals surface area contributed by atoms with E-state index in [0.29, 0.717) is 43.4 Å². The van der Waals surface area contributed by atoms with Crippen molar-refractivity contribution in [1.29, 1.82) is 0 Å². The summed E-state index contributed by atoms with van der Waals surface area (Å²) in [5.41, 5.74) is -0.107. The molecule has 0 unspecified atom stereocenters. The molecule has 3 N–H and O–H groups in total. The molecule has 0 aliphatic heterocycles. The minimum absolute atomic E-state index is 0.0255. The van der Waals surface area contributed by atoms with Crippen LogP contribution in [0.25, 0.3) is 0 Å². The molecule has 2 bridgehead atoms. The smallest absolute Gasteiger partial charge is 0.258 e. The topological polar surface area (TPSA) is 105 Å². The summed E-state index contributed by atoms with van der Waals surface area (Å²) in [6.07, 6.45) is 3.56. The van der Waals surface area contributed by atoms with E-state index >= 15 is 0 Å². The number of hydrogen-bond acceptors (Lipinski definition) is 5. The van der Waals surface area contributed by atoms with Gasteiger partial charge in [-0.1, -0.05) is 11.6 Å². The molecule has 2 aromatic rings. The lowest BCUT2D eigenvalue weighted by atomic mass is 9.60. The fraction of sp³-hybridized carbons (Fsp3) is 0.500. The van der Waals surface area contributed by atoms with Gasteiger partial charge in [0, 0.05) is 24.8 Å². The minimum Gasteiger partial charge on any atom is -0.484 e. The lowest BCUT2D eigenvalue weighted by Crippen LogP contribution is -2.70. The van der Waals surface area contributed by atoms with Crippen LogP contribution in [0.5, 0.6) is 5.75 Å². The fourth-order valence-corrected chi connectivity index (χ4v) is 4.94. The standard InChI is InChI=1S/C22H26ClFN4O4/c1-13-15(11-28(2)27-13)20(31)26-21-5-7-22(8-6-21,18(29)10-21)25-19(30)12-32-14-3-4-16(23)17(24)9-14/h3-4,9,11,18,29H,5-8,10,12H2,1-2H3,(H,25,30)(H,26,31)/t18-,21?,22?/m0/s1. The SMILES string of the molecule is Cc1nn(C)cc1C(=O)NC12CCC(NC(=O)COc3ccc(Cl)c(F)c3)(CC1)[C@@H](O)C2. The van der Waals surface area contributed by atoms with Gasteiger partial charge in [0.2, 0.25) is 0 Å². The Kier molecular flexibility index (Phi) is 5.89. The van der Waals surface area contributed by atoms with E-state index in [4.69, 9.17) is 16.3 Å². The molecule has 3 saturated carbocycles. The highest BCUT2D eigenvalue weighted by Crippen LogP contribution is 2.47. The molecule has 32 heavy (non-hydrogen) atoms. The van der Waals surface area contributed by atoms with Crippen LogP contribution in [0.1, 0.15) is 48.2 Å².